The minimum Gasteiger partial charge on any atom is -0.457 e. The first-order valence-corrected chi connectivity index (χ1v) is 28.9. The summed E-state index contributed by atoms with van der Waals surface area (Å²) >= 11 is 0. The predicted molar refractivity (Wildman–Crippen MR) is 340 cm³/mol. The van der Waals surface area contributed by atoms with E-state index in [1.54, 1.807) is 0 Å². The molecule has 396 valence electrons. The van der Waals surface area contributed by atoms with Crippen molar-refractivity contribution >= 4 is 34.1 Å². The second-order valence-electron chi connectivity index (χ2n) is 23.6. The van der Waals surface area contributed by atoms with Crippen LogP contribution in [0.1, 0.15) is 72.2 Å². The monoisotopic (exact) mass is 1070 g/mol. The second-order valence-corrected chi connectivity index (χ2v) is 23.6. The molecule has 4 nitrogen and oxygen atoms in total. The van der Waals surface area contributed by atoms with Crippen LogP contribution < -0.4 is 19.3 Å². The summed E-state index contributed by atoms with van der Waals surface area (Å²) in [6, 6.07) is 102. The zero-order valence-corrected chi connectivity index (χ0v) is 46.8. The summed E-state index contributed by atoms with van der Waals surface area (Å²) in [7, 11) is 0. The van der Waals surface area contributed by atoms with Crippen molar-refractivity contribution in [1.29, 1.82) is 0 Å². The molecule has 0 radical (unpaired) electrons. The second kappa shape index (κ2) is 18.4. The van der Waals surface area contributed by atoms with E-state index in [0.717, 1.165) is 90.5 Å². The molecule has 2 heterocycles. The Balaban J connectivity index is 0.919. The van der Waals surface area contributed by atoms with Gasteiger partial charge in [-0.15, -0.1) is 0 Å². The van der Waals surface area contributed by atoms with Gasteiger partial charge in [0, 0.05) is 67.2 Å². The van der Waals surface area contributed by atoms with E-state index in [-0.39, 0.29) is 10.8 Å². The molecule has 0 amide bonds. The molecule has 4 heteroatoms. The van der Waals surface area contributed by atoms with Crippen molar-refractivity contribution in [2.75, 3.05) is 9.80 Å². The van der Waals surface area contributed by atoms with Crippen LogP contribution in [-0.4, -0.2) is 0 Å². The standard InChI is InChI=1S/C79H58N2O2/c1-77(2)65-25-13-11-23-61(65)63-43-39-57(47-69(63)77)80(55-35-31-53(32-36-55)51-19-7-5-8-20-51)59-41-45-75-71(49-59)79(67-27-15-17-29-73(67)82-75)68-28-16-18-30-74(68)83-76-46-42-60(50-72(76)79)81(56-37-33-54(34-38-56)52-21-9-6-10-22-52)58-40-44-64-62-24-12-14-26-66(62)78(3,4)70(64)48-58/h5-50H,1-4H3. The van der Waals surface area contributed by atoms with E-state index in [1.165, 1.54) is 55.6 Å². The van der Waals surface area contributed by atoms with E-state index in [9.17, 15) is 0 Å². The number of benzene rings is 12. The third-order valence-corrected chi connectivity index (χ3v) is 18.4. The van der Waals surface area contributed by atoms with Gasteiger partial charge < -0.3 is 19.3 Å². The maximum absolute atomic E-state index is 7.15. The molecule has 0 atom stereocenters. The van der Waals surface area contributed by atoms with E-state index in [0.29, 0.717) is 0 Å². The number of hydrogen-bond donors (Lipinski definition) is 0. The number of anilines is 6. The largest absolute Gasteiger partial charge is 0.457 e. The van der Waals surface area contributed by atoms with Crippen LogP contribution in [0.2, 0.25) is 0 Å². The van der Waals surface area contributed by atoms with Crippen LogP contribution >= 0.6 is 0 Å². The lowest BCUT2D eigenvalue weighted by Gasteiger charge is -2.45. The maximum atomic E-state index is 7.15. The highest BCUT2D eigenvalue weighted by atomic mass is 16.5. The fourth-order valence-electron chi connectivity index (χ4n) is 14.3. The Kier molecular flexibility index (Phi) is 10.8. The number of fused-ring (bicyclic) bond motifs is 14. The third-order valence-electron chi connectivity index (χ3n) is 18.4. The maximum Gasteiger partial charge on any atom is 0.132 e. The Labute approximate surface area is 485 Å². The highest BCUT2D eigenvalue weighted by molar-refractivity contribution is 5.90. The van der Waals surface area contributed by atoms with Gasteiger partial charge in [0.15, 0.2) is 0 Å². The fraction of sp³-hybridized carbons (Fsp3) is 0.0886. The molecule has 0 bridgehead atoms. The molecule has 2 aliphatic heterocycles. The van der Waals surface area contributed by atoms with Gasteiger partial charge in [-0.05, 0) is 164 Å². The van der Waals surface area contributed by atoms with Crippen LogP contribution in [0.15, 0.2) is 279 Å². The topological polar surface area (TPSA) is 24.9 Å². The van der Waals surface area contributed by atoms with Crippen molar-refractivity contribution in [2.45, 2.75) is 43.9 Å². The summed E-state index contributed by atoms with van der Waals surface area (Å²) < 4.78 is 14.3. The number of rotatable bonds is 8. The Bertz CT molecular complexity index is 4270. The van der Waals surface area contributed by atoms with Gasteiger partial charge in [-0.3, -0.25) is 0 Å². The van der Waals surface area contributed by atoms with E-state index < -0.39 is 5.41 Å². The van der Waals surface area contributed by atoms with E-state index in [1.807, 2.05) is 0 Å². The molecule has 0 aromatic heterocycles. The number of hydrogen-bond acceptors (Lipinski definition) is 4. The number of ether oxygens (including phenoxy) is 2. The Morgan fingerprint density at radius 2 is 0.518 bits per heavy atom. The smallest absolute Gasteiger partial charge is 0.132 e. The minimum atomic E-state index is -0.908. The summed E-state index contributed by atoms with van der Waals surface area (Å²) in [4.78, 5) is 4.86. The Morgan fingerprint density at radius 3 is 0.928 bits per heavy atom. The van der Waals surface area contributed by atoms with E-state index in [2.05, 4.69) is 317 Å². The van der Waals surface area contributed by atoms with Crippen LogP contribution in [0.5, 0.6) is 23.0 Å². The lowest BCUT2D eigenvalue weighted by Crippen LogP contribution is -2.37. The van der Waals surface area contributed by atoms with Crippen LogP contribution in [0.4, 0.5) is 34.1 Å². The lowest BCUT2D eigenvalue weighted by atomic mass is 9.62. The number of para-hydroxylation sites is 2. The quantitative estimate of drug-likeness (QED) is 0.151. The van der Waals surface area contributed by atoms with Gasteiger partial charge in [0.25, 0.3) is 0 Å². The molecule has 12 aromatic carbocycles. The summed E-state index contributed by atoms with van der Waals surface area (Å²) in [6.45, 7) is 9.43. The molecular weight excluding hydrogens is 1010 g/mol. The molecular formula is C79H58N2O2. The fourth-order valence-corrected chi connectivity index (χ4v) is 14.3. The van der Waals surface area contributed by atoms with Gasteiger partial charge in [0.2, 0.25) is 0 Å². The van der Waals surface area contributed by atoms with Crippen LogP contribution in [0, 0.1) is 0 Å². The average Bonchev–Trinajstić information content (AvgIpc) is 2.26. The third kappa shape index (κ3) is 7.38. The Morgan fingerprint density at radius 1 is 0.229 bits per heavy atom. The first kappa shape index (κ1) is 48.7. The highest BCUT2D eigenvalue weighted by Gasteiger charge is 2.51. The first-order chi connectivity index (χ1) is 40.6. The van der Waals surface area contributed by atoms with Gasteiger partial charge in [-0.1, -0.05) is 210 Å². The molecule has 2 aliphatic carbocycles. The van der Waals surface area contributed by atoms with Gasteiger partial charge in [-0.2, -0.15) is 0 Å². The molecule has 0 fully saturated rings. The summed E-state index contributed by atoms with van der Waals surface area (Å²) in [5.74, 6) is 3.20. The lowest BCUT2D eigenvalue weighted by molar-refractivity contribution is 0.399. The summed E-state index contributed by atoms with van der Waals surface area (Å²) in [6.07, 6.45) is 0. The molecule has 1 spiro atoms. The van der Waals surface area contributed by atoms with Gasteiger partial charge in [0.05, 0.1) is 5.41 Å². The zero-order valence-electron chi connectivity index (χ0n) is 46.8. The van der Waals surface area contributed by atoms with Crippen LogP contribution in [0.3, 0.4) is 0 Å². The van der Waals surface area contributed by atoms with E-state index in [4.69, 9.17) is 9.47 Å². The van der Waals surface area contributed by atoms with Crippen molar-refractivity contribution in [3.05, 3.63) is 324 Å². The van der Waals surface area contributed by atoms with Crippen molar-refractivity contribution < 1.29 is 9.47 Å². The van der Waals surface area contributed by atoms with Crippen LogP contribution in [-0.2, 0) is 16.2 Å². The van der Waals surface area contributed by atoms with Gasteiger partial charge in [0.1, 0.15) is 23.0 Å². The van der Waals surface area contributed by atoms with E-state index >= 15 is 0 Å². The molecule has 12 aromatic rings. The predicted octanol–water partition coefficient (Wildman–Crippen LogP) is 21.2. The molecule has 0 saturated carbocycles. The Hall–Kier alpha value is -10.2. The first-order valence-electron chi connectivity index (χ1n) is 28.9. The van der Waals surface area contributed by atoms with Crippen molar-refractivity contribution in [3.63, 3.8) is 0 Å². The van der Waals surface area contributed by atoms with Crippen molar-refractivity contribution in [3.8, 4) is 67.5 Å². The SMILES string of the molecule is CC1(C)c2ccccc2-c2ccc(N(c3ccc(-c4ccccc4)cc3)c3ccc4c(c3)C3(c5ccccc5O4)c4ccccc4Oc4ccc(N(c5ccc(-c6ccccc6)cc5)c5ccc6c(c5)C(C)(C)c5ccccc5-6)cc43)cc21. The molecule has 0 unspecified atom stereocenters. The number of nitrogens with zero attached hydrogens (tertiary/aromatic N) is 2. The average molecular weight is 1070 g/mol. The highest BCUT2D eigenvalue weighted by Crippen LogP contribution is 2.63. The summed E-state index contributed by atoms with van der Waals surface area (Å²) in [5.41, 5.74) is 24.3. The van der Waals surface area contributed by atoms with Gasteiger partial charge >= 0.3 is 0 Å². The summed E-state index contributed by atoms with van der Waals surface area (Å²) in [5, 5.41) is 0. The minimum absolute atomic E-state index is 0.200. The molecule has 4 aliphatic rings. The van der Waals surface area contributed by atoms with Crippen molar-refractivity contribution in [1.82, 2.24) is 0 Å². The normalized spacial score (nSPS) is 14.5. The van der Waals surface area contributed by atoms with Gasteiger partial charge in [-0.25, -0.2) is 0 Å². The zero-order chi connectivity index (χ0) is 55.6. The molecule has 16 rings (SSSR count). The molecule has 83 heavy (non-hydrogen) atoms. The molecule has 0 saturated heterocycles. The van der Waals surface area contributed by atoms with Crippen LogP contribution in [0.25, 0.3) is 44.5 Å². The molecule has 0 N–H and O–H groups in total. The van der Waals surface area contributed by atoms with Crippen molar-refractivity contribution in [2.24, 2.45) is 0 Å².